The molecule has 0 spiro atoms. The van der Waals surface area contributed by atoms with E-state index < -0.39 is 11.4 Å². The van der Waals surface area contributed by atoms with Crippen molar-refractivity contribution in [1.82, 2.24) is 0 Å². The zero-order valence-corrected chi connectivity index (χ0v) is 15.0. The minimum atomic E-state index is -0.664. The second-order valence-corrected chi connectivity index (χ2v) is 6.46. The van der Waals surface area contributed by atoms with Gasteiger partial charge in [-0.15, -0.1) is 0 Å². The number of esters is 1. The molecular weight excluding hydrogens is 374 g/mol. The summed E-state index contributed by atoms with van der Waals surface area (Å²) in [5.74, 6) is -0.245. The van der Waals surface area contributed by atoms with Crippen molar-refractivity contribution in [2.45, 2.75) is 19.8 Å². The highest BCUT2D eigenvalue weighted by Crippen LogP contribution is 2.33. The van der Waals surface area contributed by atoms with Crippen molar-refractivity contribution in [3.05, 3.63) is 50.8 Å². The third kappa shape index (κ3) is 3.38. The quantitative estimate of drug-likeness (QED) is 0.740. The molecule has 0 saturated carbocycles. The van der Waals surface area contributed by atoms with Crippen LogP contribution in [0.15, 0.2) is 44.2 Å². The molecule has 1 aliphatic rings. The van der Waals surface area contributed by atoms with Gasteiger partial charge in [0.1, 0.15) is 17.6 Å². The molecule has 1 saturated heterocycles. The number of hydrogen-bond acceptors (Lipinski definition) is 5. The smallest absolute Gasteiger partial charge is 0.345 e. The van der Waals surface area contributed by atoms with E-state index in [9.17, 15) is 9.59 Å². The van der Waals surface area contributed by atoms with E-state index in [4.69, 9.17) is 9.15 Å². The molecule has 0 aliphatic carbocycles. The molecule has 3 rings (SSSR count). The largest absolute Gasteiger partial charge is 0.463 e. The van der Waals surface area contributed by atoms with Crippen LogP contribution >= 0.6 is 15.9 Å². The Kier molecular flexibility index (Phi) is 5.04. The van der Waals surface area contributed by atoms with Gasteiger partial charge >= 0.3 is 5.97 Å². The van der Waals surface area contributed by atoms with Gasteiger partial charge in [0.05, 0.1) is 12.3 Å². The lowest BCUT2D eigenvalue weighted by Crippen LogP contribution is -2.18. The maximum absolute atomic E-state index is 12.1. The van der Waals surface area contributed by atoms with Crippen LogP contribution in [0.2, 0.25) is 0 Å². The van der Waals surface area contributed by atoms with Gasteiger partial charge in [0.2, 0.25) is 0 Å². The molecule has 2 aromatic rings. The van der Waals surface area contributed by atoms with Crippen molar-refractivity contribution in [3.63, 3.8) is 0 Å². The van der Waals surface area contributed by atoms with Gasteiger partial charge in [0.25, 0.3) is 0 Å². The van der Waals surface area contributed by atoms with Crippen molar-refractivity contribution in [3.8, 4) is 11.3 Å². The van der Waals surface area contributed by atoms with E-state index in [1.165, 1.54) is 18.9 Å². The van der Waals surface area contributed by atoms with Crippen LogP contribution in [-0.4, -0.2) is 25.7 Å². The predicted octanol–water partition coefficient (Wildman–Crippen LogP) is 3.85. The molecule has 1 aromatic carbocycles. The number of nitrogens with zero attached hydrogens (tertiary/aromatic N) is 1. The number of carbonyl (C=O) groups excluding carboxylic acids is 1. The average molecular weight is 392 g/mol. The van der Waals surface area contributed by atoms with E-state index in [0.717, 1.165) is 35.1 Å². The van der Waals surface area contributed by atoms with Crippen molar-refractivity contribution in [2.75, 3.05) is 24.6 Å². The Hall–Kier alpha value is -2.08. The summed E-state index contributed by atoms with van der Waals surface area (Å²) in [5.41, 5.74) is 1.42. The summed E-state index contributed by atoms with van der Waals surface area (Å²) >= 11 is 3.60. The highest BCUT2D eigenvalue weighted by atomic mass is 79.9. The molecule has 1 fully saturated rings. The third-order valence-corrected chi connectivity index (χ3v) is 4.64. The third-order valence-electron chi connectivity index (χ3n) is 4.01. The molecule has 2 heterocycles. The van der Waals surface area contributed by atoms with Crippen LogP contribution in [-0.2, 0) is 4.74 Å². The Morgan fingerprint density at radius 2 is 2.04 bits per heavy atom. The molecular formula is C18H18BrNO4. The summed E-state index contributed by atoms with van der Waals surface area (Å²) in [7, 11) is 0. The zero-order chi connectivity index (χ0) is 17.1. The molecule has 6 heteroatoms. The number of ether oxygens (including phenoxy) is 1. The van der Waals surface area contributed by atoms with Crippen LogP contribution in [0.3, 0.4) is 0 Å². The number of halogens is 1. The maximum Gasteiger partial charge on any atom is 0.345 e. The fourth-order valence-electron chi connectivity index (χ4n) is 2.79. The molecule has 1 aromatic heterocycles. The zero-order valence-electron chi connectivity index (χ0n) is 13.4. The molecule has 0 unspecified atom stereocenters. The molecule has 126 valence electrons. The standard InChI is InChI=1S/C18H18BrNO4/c1-2-23-18(22)13-11-24-17(10-16(13)21)12-5-6-15(14(19)9-12)20-7-3-4-8-20/h5-6,9-11H,2-4,7-8H2,1H3. The second kappa shape index (κ2) is 7.21. The highest BCUT2D eigenvalue weighted by Gasteiger charge is 2.17. The van der Waals surface area contributed by atoms with E-state index >= 15 is 0 Å². The van der Waals surface area contributed by atoms with Gasteiger partial charge in [-0.1, -0.05) is 0 Å². The Morgan fingerprint density at radius 3 is 2.67 bits per heavy atom. The second-order valence-electron chi connectivity index (χ2n) is 5.60. The van der Waals surface area contributed by atoms with Gasteiger partial charge in [-0.2, -0.15) is 0 Å². The van der Waals surface area contributed by atoms with Gasteiger partial charge in [0.15, 0.2) is 5.43 Å². The topological polar surface area (TPSA) is 59.8 Å². The van der Waals surface area contributed by atoms with Crippen molar-refractivity contribution < 1.29 is 13.9 Å². The van der Waals surface area contributed by atoms with E-state index in [1.54, 1.807) is 6.92 Å². The molecule has 0 N–H and O–H groups in total. The van der Waals surface area contributed by atoms with Crippen LogP contribution in [0.25, 0.3) is 11.3 Å². The Balaban J connectivity index is 1.89. The number of rotatable bonds is 4. The molecule has 0 bridgehead atoms. The summed E-state index contributed by atoms with van der Waals surface area (Å²) in [6.45, 7) is 4.01. The molecule has 1 aliphatic heterocycles. The van der Waals surface area contributed by atoms with E-state index in [0.29, 0.717) is 5.76 Å². The lowest BCUT2D eigenvalue weighted by atomic mass is 10.1. The van der Waals surface area contributed by atoms with E-state index in [2.05, 4.69) is 20.8 Å². The first-order valence-corrected chi connectivity index (χ1v) is 8.74. The summed E-state index contributed by atoms with van der Waals surface area (Å²) in [6, 6.07) is 7.18. The maximum atomic E-state index is 12.1. The van der Waals surface area contributed by atoms with E-state index in [-0.39, 0.29) is 12.2 Å². The molecule has 24 heavy (non-hydrogen) atoms. The summed E-state index contributed by atoms with van der Waals surface area (Å²) < 4.78 is 11.3. The molecule has 0 amide bonds. The van der Waals surface area contributed by atoms with Crippen LogP contribution in [0.5, 0.6) is 0 Å². The lowest BCUT2D eigenvalue weighted by Gasteiger charge is -2.19. The highest BCUT2D eigenvalue weighted by molar-refractivity contribution is 9.10. The van der Waals surface area contributed by atoms with Crippen LogP contribution < -0.4 is 10.3 Å². The molecule has 5 nitrogen and oxygen atoms in total. The predicted molar refractivity (Wildman–Crippen MR) is 95.5 cm³/mol. The number of carbonyl (C=O) groups is 1. The Labute approximate surface area is 148 Å². The van der Waals surface area contributed by atoms with Crippen LogP contribution in [0, 0.1) is 0 Å². The van der Waals surface area contributed by atoms with E-state index in [1.807, 2.05) is 18.2 Å². The summed E-state index contributed by atoms with van der Waals surface area (Å²) in [5, 5.41) is 0. The lowest BCUT2D eigenvalue weighted by molar-refractivity contribution is 0.0522. The average Bonchev–Trinajstić information content (AvgIpc) is 3.09. The number of benzene rings is 1. The fraction of sp³-hybridized carbons (Fsp3) is 0.333. The number of hydrogen-bond donors (Lipinski definition) is 0. The first-order valence-electron chi connectivity index (χ1n) is 7.95. The van der Waals surface area contributed by atoms with Gasteiger partial charge in [-0.05, 0) is 53.9 Å². The molecule has 0 radical (unpaired) electrons. The molecule has 0 atom stereocenters. The van der Waals surface area contributed by atoms with Gasteiger partial charge in [-0.25, -0.2) is 4.79 Å². The van der Waals surface area contributed by atoms with Crippen molar-refractivity contribution >= 4 is 27.6 Å². The van der Waals surface area contributed by atoms with Crippen LogP contribution in [0.4, 0.5) is 5.69 Å². The van der Waals surface area contributed by atoms with Gasteiger partial charge in [0, 0.05) is 29.2 Å². The van der Waals surface area contributed by atoms with Crippen LogP contribution in [0.1, 0.15) is 30.1 Å². The summed E-state index contributed by atoms with van der Waals surface area (Å²) in [4.78, 5) is 26.1. The minimum absolute atomic E-state index is 0.0895. The van der Waals surface area contributed by atoms with Gasteiger partial charge in [-0.3, -0.25) is 4.79 Å². The Bertz CT molecular complexity index is 809. The SMILES string of the molecule is CCOC(=O)c1coc(-c2ccc(N3CCCC3)c(Br)c2)cc1=O. The minimum Gasteiger partial charge on any atom is -0.463 e. The normalized spacial score (nSPS) is 14.0. The summed E-state index contributed by atoms with van der Waals surface area (Å²) in [6.07, 6.45) is 3.58. The number of anilines is 1. The van der Waals surface area contributed by atoms with Gasteiger partial charge < -0.3 is 14.1 Å². The monoisotopic (exact) mass is 391 g/mol. The van der Waals surface area contributed by atoms with Crippen molar-refractivity contribution in [2.24, 2.45) is 0 Å². The Morgan fingerprint density at radius 1 is 1.29 bits per heavy atom. The van der Waals surface area contributed by atoms with Crippen molar-refractivity contribution in [1.29, 1.82) is 0 Å². The first-order chi connectivity index (χ1) is 11.6. The first kappa shape index (κ1) is 16.8. The fourth-order valence-corrected chi connectivity index (χ4v) is 3.42.